The Bertz CT molecular complexity index is 1540. The molecule has 2 aliphatic rings. The number of nitrogens with one attached hydrogen (secondary N) is 3. The maximum Gasteiger partial charge on any atom is 0.258 e. The number of carbonyl (C=O) groups excluding carboxylic acids is 2. The van der Waals surface area contributed by atoms with Crippen LogP contribution in [0.5, 0.6) is 0 Å². The number of rotatable bonds is 7. The molecule has 9 nitrogen and oxygen atoms in total. The number of benzene rings is 2. The van der Waals surface area contributed by atoms with Gasteiger partial charge in [0.25, 0.3) is 15.9 Å². The smallest absolute Gasteiger partial charge is 0.258 e. The SMILES string of the molecule is Cc1cc(F)ccc1Nc1cc(S(=O)(=O)NC2CCNC2=O)ncc1C(=O)N1CCC(c2ccc(F)cc2)CC1. The minimum atomic E-state index is -4.19. The molecule has 2 fully saturated rings. The lowest BCUT2D eigenvalue weighted by atomic mass is 9.89. The van der Waals surface area contributed by atoms with Crippen molar-refractivity contribution in [1.82, 2.24) is 19.9 Å². The van der Waals surface area contributed by atoms with Crippen molar-refractivity contribution in [2.45, 2.75) is 43.2 Å². The van der Waals surface area contributed by atoms with E-state index in [-0.39, 0.29) is 33.9 Å². The van der Waals surface area contributed by atoms with E-state index in [1.165, 1.54) is 42.6 Å². The van der Waals surface area contributed by atoms with Gasteiger partial charge in [0, 0.05) is 37.6 Å². The molecule has 3 N–H and O–H groups in total. The number of aromatic nitrogens is 1. The summed E-state index contributed by atoms with van der Waals surface area (Å²) in [5, 5.41) is 5.30. The van der Waals surface area contributed by atoms with Crippen LogP contribution in [-0.2, 0) is 14.8 Å². The Morgan fingerprint density at radius 1 is 1.00 bits per heavy atom. The van der Waals surface area contributed by atoms with Gasteiger partial charge in [-0.15, -0.1) is 0 Å². The fourth-order valence-electron chi connectivity index (χ4n) is 5.04. The number of hydrogen-bond donors (Lipinski definition) is 3. The Balaban J connectivity index is 1.41. The van der Waals surface area contributed by atoms with Crippen molar-refractivity contribution in [3.05, 3.63) is 83.1 Å². The standard InChI is InChI=1S/C28H29F2N5O4S/c1-17-14-21(30)6-7-23(17)33-25-15-26(40(38,39)34-24-8-11-31-27(24)36)32-16-22(25)28(37)35-12-9-19(10-13-35)18-2-4-20(29)5-3-18/h2-7,14-16,19,24,34H,8-13H2,1H3,(H,31,36)(H,32,33). The predicted octanol–water partition coefficient (Wildman–Crippen LogP) is 3.60. The monoisotopic (exact) mass is 569 g/mol. The molecule has 40 heavy (non-hydrogen) atoms. The van der Waals surface area contributed by atoms with Crippen LogP contribution < -0.4 is 15.4 Å². The van der Waals surface area contributed by atoms with Crippen LogP contribution in [0, 0.1) is 18.6 Å². The summed E-state index contributed by atoms with van der Waals surface area (Å²) in [5.41, 5.74) is 2.40. The summed E-state index contributed by atoms with van der Waals surface area (Å²) in [5.74, 6) is -1.29. The van der Waals surface area contributed by atoms with Gasteiger partial charge in [0.2, 0.25) is 5.91 Å². The summed E-state index contributed by atoms with van der Waals surface area (Å²) in [6.07, 6.45) is 2.89. The van der Waals surface area contributed by atoms with Crippen molar-refractivity contribution in [2.75, 3.05) is 25.0 Å². The number of hydrogen-bond acceptors (Lipinski definition) is 6. The highest BCUT2D eigenvalue weighted by molar-refractivity contribution is 7.89. The molecule has 0 bridgehead atoms. The first-order valence-electron chi connectivity index (χ1n) is 13.0. The van der Waals surface area contributed by atoms with E-state index in [4.69, 9.17) is 0 Å². The summed E-state index contributed by atoms with van der Waals surface area (Å²) in [6.45, 7) is 2.95. The topological polar surface area (TPSA) is 121 Å². The second kappa shape index (κ2) is 11.3. The summed E-state index contributed by atoms with van der Waals surface area (Å²) in [6, 6.07) is 10.8. The molecular weight excluding hydrogens is 540 g/mol. The number of sulfonamides is 1. The van der Waals surface area contributed by atoms with Crippen LogP contribution in [0.25, 0.3) is 0 Å². The van der Waals surface area contributed by atoms with Gasteiger partial charge in [-0.25, -0.2) is 22.2 Å². The maximum absolute atomic E-state index is 13.7. The molecule has 3 aromatic rings. The number of nitrogens with zero attached hydrogens (tertiary/aromatic N) is 2. The fraction of sp³-hybridized carbons (Fsp3) is 0.321. The number of pyridine rings is 1. The van der Waals surface area contributed by atoms with Crippen molar-refractivity contribution in [3.63, 3.8) is 0 Å². The quantitative estimate of drug-likeness (QED) is 0.400. The highest BCUT2D eigenvalue weighted by Crippen LogP contribution is 2.31. The zero-order chi connectivity index (χ0) is 28.4. The van der Waals surface area contributed by atoms with E-state index < -0.39 is 27.8 Å². The summed E-state index contributed by atoms with van der Waals surface area (Å²) in [7, 11) is -4.19. The van der Waals surface area contributed by atoms with Gasteiger partial charge >= 0.3 is 0 Å². The molecule has 12 heteroatoms. The number of aryl methyl sites for hydroxylation is 1. The van der Waals surface area contributed by atoms with E-state index >= 15 is 0 Å². The van der Waals surface area contributed by atoms with E-state index in [0.29, 0.717) is 50.1 Å². The summed E-state index contributed by atoms with van der Waals surface area (Å²) >= 11 is 0. The average Bonchev–Trinajstić information content (AvgIpc) is 3.33. The third-order valence-electron chi connectivity index (χ3n) is 7.31. The Hall–Kier alpha value is -3.90. The number of amides is 2. The lowest BCUT2D eigenvalue weighted by Gasteiger charge is -2.32. The van der Waals surface area contributed by atoms with Gasteiger partial charge in [-0.3, -0.25) is 9.59 Å². The molecule has 2 aliphatic heterocycles. The molecule has 1 aromatic heterocycles. The van der Waals surface area contributed by atoms with Crippen LogP contribution in [-0.4, -0.2) is 55.8 Å². The molecular formula is C28H29F2N5O4S. The molecule has 2 saturated heterocycles. The molecule has 0 saturated carbocycles. The molecule has 1 unspecified atom stereocenters. The van der Waals surface area contributed by atoms with E-state index in [2.05, 4.69) is 20.3 Å². The number of halogens is 2. The molecule has 0 radical (unpaired) electrons. The molecule has 1 atom stereocenters. The third kappa shape index (κ3) is 5.97. The highest BCUT2D eigenvalue weighted by atomic mass is 32.2. The zero-order valence-corrected chi connectivity index (χ0v) is 22.6. The van der Waals surface area contributed by atoms with Crippen LogP contribution in [0.15, 0.2) is 59.8 Å². The van der Waals surface area contributed by atoms with E-state index in [9.17, 15) is 26.8 Å². The molecule has 5 rings (SSSR count). The van der Waals surface area contributed by atoms with Crippen molar-refractivity contribution >= 4 is 33.2 Å². The number of likely N-dealkylation sites (tertiary alicyclic amines) is 1. The first-order valence-corrected chi connectivity index (χ1v) is 14.5. The van der Waals surface area contributed by atoms with Gasteiger partial charge in [0.15, 0.2) is 5.03 Å². The number of carbonyl (C=O) groups is 2. The van der Waals surface area contributed by atoms with Crippen LogP contribution >= 0.6 is 0 Å². The highest BCUT2D eigenvalue weighted by Gasteiger charge is 2.32. The second-order valence-corrected chi connectivity index (χ2v) is 11.7. The first kappa shape index (κ1) is 27.7. The first-order chi connectivity index (χ1) is 19.1. The van der Waals surface area contributed by atoms with Crippen LogP contribution in [0.1, 0.15) is 46.7 Å². The van der Waals surface area contributed by atoms with E-state index in [1.54, 1.807) is 24.0 Å². The largest absolute Gasteiger partial charge is 0.355 e. The van der Waals surface area contributed by atoms with Gasteiger partial charge in [0.05, 0.1) is 11.3 Å². The van der Waals surface area contributed by atoms with Gasteiger partial charge in [0.1, 0.15) is 17.7 Å². The minimum absolute atomic E-state index is 0.154. The maximum atomic E-state index is 13.7. The van der Waals surface area contributed by atoms with Gasteiger partial charge in [-0.05, 0) is 73.6 Å². The molecule has 0 spiro atoms. The number of anilines is 2. The van der Waals surface area contributed by atoms with Crippen LogP contribution in [0.4, 0.5) is 20.2 Å². The molecule has 0 aliphatic carbocycles. The van der Waals surface area contributed by atoms with Gasteiger partial charge in [-0.2, -0.15) is 4.72 Å². The molecule has 3 heterocycles. The Labute approximate surface area is 231 Å². The Kier molecular flexibility index (Phi) is 7.81. The summed E-state index contributed by atoms with van der Waals surface area (Å²) < 4.78 is 55.6. The Morgan fingerprint density at radius 2 is 1.70 bits per heavy atom. The second-order valence-electron chi connectivity index (χ2n) is 10.0. The van der Waals surface area contributed by atoms with Crippen molar-refractivity contribution in [2.24, 2.45) is 0 Å². The normalized spacial score (nSPS) is 18.0. The molecule has 2 aromatic carbocycles. The third-order valence-corrected chi connectivity index (χ3v) is 8.68. The minimum Gasteiger partial charge on any atom is -0.355 e. The number of piperidine rings is 1. The van der Waals surface area contributed by atoms with Crippen LogP contribution in [0.2, 0.25) is 0 Å². The van der Waals surface area contributed by atoms with E-state index in [0.717, 1.165) is 5.56 Å². The summed E-state index contributed by atoms with van der Waals surface area (Å²) in [4.78, 5) is 31.3. The Morgan fingerprint density at radius 3 is 2.35 bits per heavy atom. The van der Waals surface area contributed by atoms with Crippen molar-refractivity contribution in [1.29, 1.82) is 0 Å². The fourth-order valence-corrected chi connectivity index (χ4v) is 6.23. The van der Waals surface area contributed by atoms with Gasteiger partial charge < -0.3 is 15.5 Å². The lowest BCUT2D eigenvalue weighted by Crippen LogP contribution is -2.40. The van der Waals surface area contributed by atoms with Crippen LogP contribution in [0.3, 0.4) is 0 Å². The van der Waals surface area contributed by atoms with Crippen molar-refractivity contribution in [3.8, 4) is 0 Å². The van der Waals surface area contributed by atoms with E-state index in [1.807, 2.05) is 0 Å². The lowest BCUT2D eigenvalue weighted by molar-refractivity contribution is -0.120. The average molecular weight is 570 g/mol. The van der Waals surface area contributed by atoms with Crippen molar-refractivity contribution < 1.29 is 26.8 Å². The molecule has 2 amide bonds. The zero-order valence-electron chi connectivity index (χ0n) is 21.8. The predicted molar refractivity (Wildman–Crippen MR) is 145 cm³/mol. The molecule has 210 valence electrons. The van der Waals surface area contributed by atoms with Gasteiger partial charge in [-0.1, -0.05) is 12.1 Å².